The lowest BCUT2D eigenvalue weighted by molar-refractivity contribution is 1.01. The zero-order chi connectivity index (χ0) is 31.2. The van der Waals surface area contributed by atoms with E-state index >= 15 is 0 Å². The normalized spacial score (nSPS) is 12.2. The minimum absolute atomic E-state index is 0.227. The van der Waals surface area contributed by atoms with Crippen LogP contribution < -0.4 is 4.90 Å². The lowest BCUT2D eigenvalue weighted by Crippen LogP contribution is -2.10. The Morgan fingerprint density at radius 2 is 0.957 bits per heavy atom. The molecule has 3 heteroatoms. The quantitative estimate of drug-likeness (QED) is 0.189. The molecule has 0 saturated heterocycles. The van der Waals surface area contributed by atoms with Crippen LogP contribution in [0.15, 0.2) is 182 Å². The fourth-order valence-corrected chi connectivity index (χ4v) is 7.17. The fraction of sp³-hybridized carbons (Fsp3) is 0.0227. The number of hydrogen-bond acceptors (Lipinski definition) is 2. The number of fused-ring (bicyclic) bond motifs is 4. The van der Waals surface area contributed by atoms with Crippen LogP contribution >= 0.6 is 0 Å². The van der Waals surface area contributed by atoms with Crippen molar-refractivity contribution in [1.29, 1.82) is 0 Å². The van der Waals surface area contributed by atoms with Gasteiger partial charge in [0.15, 0.2) is 0 Å². The Balaban J connectivity index is 1.11. The smallest absolute Gasteiger partial charge is 0.145 e. The summed E-state index contributed by atoms with van der Waals surface area (Å²) >= 11 is 0. The summed E-state index contributed by atoms with van der Waals surface area (Å²) < 4.78 is 2.25. The van der Waals surface area contributed by atoms with Crippen molar-refractivity contribution in [3.63, 3.8) is 0 Å². The molecule has 222 valence electrons. The number of aromatic nitrogens is 2. The van der Waals surface area contributed by atoms with Gasteiger partial charge < -0.3 is 4.90 Å². The van der Waals surface area contributed by atoms with E-state index < -0.39 is 0 Å². The van der Waals surface area contributed by atoms with Crippen molar-refractivity contribution in [2.75, 3.05) is 4.90 Å². The summed E-state index contributed by atoms with van der Waals surface area (Å²) in [5.74, 6) is 1.15. The predicted molar refractivity (Wildman–Crippen MR) is 194 cm³/mol. The van der Waals surface area contributed by atoms with Crippen LogP contribution in [0, 0.1) is 0 Å². The van der Waals surface area contributed by atoms with E-state index in [1.807, 2.05) is 12.1 Å². The summed E-state index contributed by atoms with van der Waals surface area (Å²) in [5.41, 5.74) is 14.3. The second-order valence-corrected chi connectivity index (χ2v) is 12.0. The van der Waals surface area contributed by atoms with Gasteiger partial charge in [-0.1, -0.05) is 109 Å². The number of nitrogens with zero attached hydrogens (tertiary/aromatic N) is 3. The van der Waals surface area contributed by atoms with Gasteiger partial charge in [0.1, 0.15) is 5.82 Å². The number of anilines is 3. The molecule has 7 aromatic carbocycles. The average Bonchev–Trinajstić information content (AvgIpc) is 3.70. The van der Waals surface area contributed by atoms with E-state index in [-0.39, 0.29) is 5.92 Å². The van der Waals surface area contributed by atoms with Gasteiger partial charge in [-0.3, -0.25) is 4.57 Å². The Labute approximate surface area is 274 Å². The van der Waals surface area contributed by atoms with Gasteiger partial charge in [-0.15, -0.1) is 0 Å². The highest BCUT2D eigenvalue weighted by Crippen LogP contribution is 2.48. The van der Waals surface area contributed by atoms with Crippen LogP contribution in [-0.4, -0.2) is 9.55 Å². The minimum atomic E-state index is 0.227. The van der Waals surface area contributed by atoms with E-state index in [1.54, 1.807) is 0 Å². The van der Waals surface area contributed by atoms with Gasteiger partial charge in [0.25, 0.3) is 0 Å². The van der Waals surface area contributed by atoms with Crippen molar-refractivity contribution in [3.05, 3.63) is 199 Å². The van der Waals surface area contributed by atoms with Crippen LogP contribution in [0.25, 0.3) is 39.2 Å². The van der Waals surface area contributed by atoms with Crippen molar-refractivity contribution < 1.29 is 0 Å². The average molecular weight is 602 g/mol. The maximum absolute atomic E-state index is 5.08. The number of para-hydroxylation sites is 4. The Hall–Kier alpha value is -6.19. The van der Waals surface area contributed by atoms with Crippen molar-refractivity contribution >= 4 is 28.1 Å². The van der Waals surface area contributed by atoms with Gasteiger partial charge >= 0.3 is 0 Å². The van der Waals surface area contributed by atoms with E-state index in [9.17, 15) is 0 Å². The second kappa shape index (κ2) is 11.3. The van der Waals surface area contributed by atoms with E-state index in [1.165, 1.54) is 27.8 Å². The first-order valence-electron chi connectivity index (χ1n) is 16.1. The van der Waals surface area contributed by atoms with Gasteiger partial charge in [0.05, 0.1) is 11.0 Å². The maximum Gasteiger partial charge on any atom is 0.145 e. The van der Waals surface area contributed by atoms with E-state index in [2.05, 4.69) is 179 Å². The topological polar surface area (TPSA) is 21.1 Å². The monoisotopic (exact) mass is 601 g/mol. The molecule has 0 amide bonds. The van der Waals surface area contributed by atoms with Gasteiger partial charge in [-0.05, 0) is 101 Å². The van der Waals surface area contributed by atoms with E-state index in [0.717, 1.165) is 45.2 Å². The predicted octanol–water partition coefficient (Wildman–Crippen LogP) is 11.3. The number of imidazole rings is 1. The third-order valence-corrected chi connectivity index (χ3v) is 9.29. The van der Waals surface area contributed by atoms with Gasteiger partial charge in [0, 0.05) is 34.2 Å². The van der Waals surface area contributed by atoms with Gasteiger partial charge in [0.2, 0.25) is 0 Å². The molecule has 0 N–H and O–H groups in total. The van der Waals surface area contributed by atoms with Crippen LogP contribution in [0.2, 0.25) is 0 Å². The Bertz CT molecular complexity index is 2290. The Kier molecular flexibility index (Phi) is 6.53. The third-order valence-electron chi connectivity index (χ3n) is 9.29. The first-order valence-corrected chi connectivity index (χ1v) is 16.1. The molecule has 1 aliphatic carbocycles. The van der Waals surface area contributed by atoms with Crippen molar-refractivity contribution in [3.8, 4) is 28.2 Å². The molecule has 0 spiro atoms. The zero-order valence-corrected chi connectivity index (χ0v) is 25.7. The highest BCUT2D eigenvalue weighted by molar-refractivity contribution is 5.85. The molecule has 0 saturated carbocycles. The second-order valence-electron chi connectivity index (χ2n) is 12.0. The molecule has 1 heterocycles. The SMILES string of the molecule is c1ccc(N(c2ccc(-c3nc4ccccc4n3-c3ccccc3)cc2)c2ccc(C3c4ccccc4-c4ccccc43)cc2)cc1. The van der Waals surface area contributed by atoms with E-state index in [4.69, 9.17) is 4.98 Å². The standard InChI is InChI=1S/C44H31N3/c1-3-13-33(14-4-1)46(35-27-23-31(24-28-35)43-39-19-9-7-17-37(39)38-18-8-10-20-40(38)43)36-29-25-32(26-30-36)44-45-41-21-11-12-22-42(41)47(44)34-15-5-2-6-16-34/h1-30,43H. The zero-order valence-electron chi connectivity index (χ0n) is 25.7. The number of hydrogen-bond donors (Lipinski definition) is 0. The highest BCUT2D eigenvalue weighted by atomic mass is 15.1. The minimum Gasteiger partial charge on any atom is -0.311 e. The van der Waals surface area contributed by atoms with Crippen molar-refractivity contribution in [1.82, 2.24) is 9.55 Å². The fourth-order valence-electron chi connectivity index (χ4n) is 7.17. The molecule has 1 aromatic heterocycles. The highest BCUT2D eigenvalue weighted by Gasteiger charge is 2.29. The molecule has 8 aromatic rings. The van der Waals surface area contributed by atoms with Crippen molar-refractivity contribution in [2.45, 2.75) is 5.92 Å². The molecule has 0 atom stereocenters. The summed E-state index contributed by atoms with van der Waals surface area (Å²) in [7, 11) is 0. The molecule has 0 unspecified atom stereocenters. The van der Waals surface area contributed by atoms with Crippen LogP contribution in [0.4, 0.5) is 17.1 Å². The molecule has 1 aliphatic rings. The third kappa shape index (κ3) is 4.63. The molecule has 0 radical (unpaired) electrons. The molecule has 47 heavy (non-hydrogen) atoms. The number of rotatable bonds is 6. The van der Waals surface area contributed by atoms with Crippen LogP contribution in [0.1, 0.15) is 22.6 Å². The summed E-state index contributed by atoms with van der Waals surface area (Å²) in [6.45, 7) is 0. The summed E-state index contributed by atoms with van der Waals surface area (Å²) in [5, 5.41) is 0. The lowest BCUT2D eigenvalue weighted by Gasteiger charge is -2.26. The first-order chi connectivity index (χ1) is 23.3. The molecular weight excluding hydrogens is 571 g/mol. The largest absolute Gasteiger partial charge is 0.311 e. The first kappa shape index (κ1) is 27.1. The summed E-state index contributed by atoms with van der Waals surface area (Å²) in [4.78, 5) is 7.40. The Morgan fingerprint density at radius 3 is 1.62 bits per heavy atom. The van der Waals surface area contributed by atoms with Crippen LogP contribution in [0.5, 0.6) is 0 Å². The molecular formula is C44H31N3. The molecule has 9 rings (SSSR count). The van der Waals surface area contributed by atoms with E-state index in [0.29, 0.717) is 0 Å². The van der Waals surface area contributed by atoms with Crippen LogP contribution in [-0.2, 0) is 0 Å². The lowest BCUT2D eigenvalue weighted by atomic mass is 9.89. The molecule has 3 nitrogen and oxygen atoms in total. The summed E-state index contributed by atoms with van der Waals surface area (Å²) in [6.07, 6.45) is 0. The Morgan fingerprint density at radius 1 is 0.447 bits per heavy atom. The van der Waals surface area contributed by atoms with Crippen molar-refractivity contribution in [2.24, 2.45) is 0 Å². The molecule has 0 aliphatic heterocycles. The molecule has 0 bridgehead atoms. The number of benzene rings is 7. The maximum atomic E-state index is 5.08. The van der Waals surface area contributed by atoms with Crippen LogP contribution in [0.3, 0.4) is 0 Å². The van der Waals surface area contributed by atoms with Gasteiger partial charge in [-0.2, -0.15) is 0 Å². The van der Waals surface area contributed by atoms with Gasteiger partial charge in [-0.25, -0.2) is 4.98 Å². The summed E-state index contributed by atoms with van der Waals surface area (Å²) in [6, 6.07) is 64.9. The molecule has 0 fully saturated rings.